The fourth-order valence-electron chi connectivity index (χ4n) is 1.60. The zero-order valence-electron chi connectivity index (χ0n) is 6.68. The van der Waals surface area contributed by atoms with Gasteiger partial charge in [0.05, 0.1) is 0 Å². The third-order valence-electron chi connectivity index (χ3n) is 2.43. The van der Waals surface area contributed by atoms with Crippen LogP contribution < -0.4 is 0 Å². The van der Waals surface area contributed by atoms with Crippen molar-refractivity contribution in [3.8, 4) is 0 Å². The summed E-state index contributed by atoms with van der Waals surface area (Å²) in [6.45, 7) is 4.68. The molecule has 1 fully saturated rings. The SMILES string of the molecule is C=CCC1CCC1COC. The maximum absolute atomic E-state index is 5.09. The summed E-state index contributed by atoms with van der Waals surface area (Å²) < 4.78 is 5.09. The summed E-state index contributed by atoms with van der Waals surface area (Å²) in [5.74, 6) is 1.69. The molecule has 2 atom stereocenters. The third-order valence-corrected chi connectivity index (χ3v) is 2.43. The highest BCUT2D eigenvalue weighted by molar-refractivity contribution is 4.85. The van der Waals surface area contributed by atoms with Gasteiger partial charge in [-0.3, -0.25) is 0 Å². The van der Waals surface area contributed by atoms with Gasteiger partial charge in [0, 0.05) is 13.7 Å². The number of hydrogen-bond acceptors (Lipinski definition) is 1. The Kier molecular flexibility index (Phi) is 2.94. The second kappa shape index (κ2) is 3.77. The average Bonchev–Trinajstić information content (AvgIpc) is 1.93. The monoisotopic (exact) mass is 140 g/mol. The Labute approximate surface area is 63.1 Å². The quantitative estimate of drug-likeness (QED) is 0.544. The van der Waals surface area contributed by atoms with E-state index in [2.05, 4.69) is 6.58 Å². The second-order valence-corrected chi connectivity index (χ2v) is 3.08. The Balaban J connectivity index is 2.15. The van der Waals surface area contributed by atoms with Gasteiger partial charge in [-0.05, 0) is 31.1 Å². The molecule has 0 saturated heterocycles. The highest BCUT2D eigenvalue weighted by Crippen LogP contribution is 2.36. The lowest BCUT2D eigenvalue weighted by Gasteiger charge is -2.35. The molecule has 0 aromatic carbocycles. The minimum Gasteiger partial charge on any atom is -0.384 e. The van der Waals surface area contributed by atoms with Crippen LogP contribution in [0.4, 0.5) is 0 Å². The predicted octanol–water partition coefficient (Wildman–Crippen LogP) is 2.24. The first-order valence-electron chi connectivity index (χ1n) is 3.98. The smallest absolute Gasteiger partial charge is 0.0493 e. The molecule has 1 saturated carbocycles. The van der Waals surface area contributed by atoms with Crippen molar-refractivity contribution < 1.29 is 4.74 Å². The lowest BCUT2D eigenvalue weighted by Crippen LogP contribution is -2.28. The fourth-order valence-corrected chi connectivity index (χ4v) is 1.60. The van der Waals surface area contributed by atoms with Crippen molar-refractivity contribution in [1.29, 1.82) is 0 Å². The average molecular weight is 140 g/mol. The molecule has 0 N–H and O–H groups in total. The van der Waals surface area contributed by atoms with Crippen molar-refractivity contribution in [3.05, 3.63) is 12.7 Å². The summed E-state index contributed by atoms with van der Waals surface area (Å²) in [6.07, 6.45) is 5.92. The molecule has 0 aromatic heterocycles. The molecule has 58 valence electrons. The van der Waals surface area contributed by atoms with E-state index in [1.165, 1.54) is 19.3 Å². The van der Waals surface area contributed by atoms with Crippen molar-refractivity contribution in [2.75, 3.05) is 13.7 Å². The zero-order chi connectivity index (χ0) is 7.40. The van der Waals surface area contributed by atoms with Crippen molar-refractivity contribution >= 4 is 0 Å². The molecule has 1 aliphatic rings. The van der Waals surface area contributed by atoms with Crippen molar-refractivity contribution in [1.82, 2.24) is 0 Å². The van der Waals surface area contributed by atoms with E-state index in [1.54, 1.807) is 7.11 Å². The van der Waals surface area contributed by atoms with Crippen molar-refractivity contribution in [2.45, 2.75) is 19.3 Å². The molecule has 1 rings (SSSR count). The van der Waals surface area contributed by atoms with Crippen LogP contribution in [0.5, 0.6) is 0 Å². The van der Waals surface area contributed by atoms with Crippen molar-refractivity contribution in [3.63, 3.8) is 0 Å². The molecule has 0 aliphatic heterocycles. The molecule has 1 aliphatic carbocycles. The summed E-state index contributed by atoms with van der Waals surface area (Å²) in [6, 6.07) is 0. The Bertz CT molecular complexity index is 109. The highest BCUT2D eigenvalue weighted by Gasteiger charge is 2.28. The van der Waals surface area contributed by atoms with Gasteiger partial charge in [0.15, 0.2) is 0 Å². The molecule has 10 heavy (non-hydrogen) atoms. The molecule has 0 radical (unpaired) electrons. The van der Waals surface area contributed by atoms with Gasteiger partial charge < -0.3 is 4.74 Å². The Morgan fingerprint density at radius 3 is 2.60 bits per heavy atom. The largest absolute Gasteiger partial charge is 0.384 e. The van der Waals surface area contributed by atoms with E-state index in [-0.39, 0.29) is 0 Å². The highest BCUT2D eigenvalue weighted by atomic mass is 16.5. The first-order chi connectivity index (χ1) is 4.88. The minimum absolute atomic E-state index is 0.822. The van der Waals surface area contributed by atoms with Gasteiger partial charge in [0.1, 0.15) is 0 Å². The minimum atomic E-state index is 0.822. The molecule has 2 unspecified atom stereocenters. The summed E-state index contributed by atoms with van der Waals surface area (Å²) in [5, 5.41) is 0. The second-order valence-electron chi connectivity index (χ2n) is 3.08. The number of methoxy groups -OCH3 is 1. The van der Waals surface area contributed by atoms with Gasteiger partial charge in [-0.15, -0.1) is 6.58 Å². The molecular weight excluding hydrogens is 124 g/mol. The number of ether oxygens (including phenoxy) is 1. The standard InChI is InChI=1S/C9H16O/c1-3-4-8-5-6-9(8)7-10-2/h3,8-9H,1,4-7H2,2H3. The molecular formula is C9H16O. The van der Waals surface area contributed by atoms with Crippen LogP contribution in [0, 0.1) is 11.8 Å². The number of rotatable bonds is 4. The van der Waals surface area contributed by atoms with Gasteiger partial charge in [-0.1, -0.05) is 6.08 Å². The fraction of sp³-hybridized carbons (Fsp3) is 0.778. The van der Waals surface area contributed by atoms with Gasteiger partial charge in [0.25, 0.3) is 0 Å². The Morgan fingerprint density at radius 2 is 2.20 bits per heavy atom. The molecule has 0 bridgehead atoms. The zero-order valence-corrected chi connectivity index (χ0v) is 6.68. The molecule has 1 nitrogen and oxygen atoms in total. The van der Waals surface area contributed by atoms with E-state index >= 15 is 0 Å². The van der Waals surface area contributed by atoms with Gasteiger partial charge in [-0.2, -0.15) is 0 Å². The van der Waals surface area contributed by atoms with Crippen LogP contribution in [-0.4, -0.2) is 13.7 Å². The van der Waals surface area contributed by atoms with Crippen LogP contribution in [0.2, 0.25) is 0 Å². The summed E-state index contributed by atoms with van der Waals surface area (Å²) >= 11 is 0. The van der Waals surface area contributed by atoms with Crippen LogP contribution >= 0.6 is 0 Å². The van der Waals surface area contributed by atoms with E-state index in [9.17, 15) is 0 Å². The first-order valence-corrected chi connectivity index (χ1v) is 3.98. The number of allylic oxidation sites excluding steroid dienone is 1. The lowest BCUT2D eigenvalue weighted by atomic mass is 9.72. The molecule has 0 aromatic rings. The van der Waals surface area contributed by atoms with Gasteiger partial charge >= 0.3 is 0 Å². The Hall–Kier alpha value is -0.300. The van der Waals surface area contributed by atoms with Crippen LogP contribution in [0.15, 0.2) is 12.7 Å². The van der Waals surface area contributed by atoms with Crippen LogP contribution in [-0.2, 0) is 4.74 Å². The molecule has 1 heteroatoms. The third kappa shape index (κ3) is 1.60. The first kappa shape index (κ1) is 7.80. The maximum atomic E-state index is 5.09. The van der Waals surface area contributed by atoms with E-state index < -0.39 is 0 Å². The number of hydrogen-bond donors (Lipinski definition) is 0. The molecule has 0 amide bonds. The van der Waals surface area contributed by atoms with Gasteiger partial charge in [-0.25, -0.2) is 0 Å². The van der Waals surface area contributed by atoms with Crippen LogP contribution in [0.1, 0.15) is 19.3 Å². The Morgan fingerprint density at radius 1 is 1.50 bits per heavy atom. The van der Waals surface area contributed by atoms with Crippen molar-refractivity contribution in [2.24, 2.45) is 11.8 Å². The predicted molar refractivity (Wildman–Crippen MR) is 42.9 cm³/mol. The van der Waals surface area contributed by atoms with Gasteiger partial charge in [0.2, 0.25) is 0 Å². The summed E-state index contributed by atoms with van der Waals surface area (Å²) in [5.41, 5.74) is 0. The van der Waals surface area contributed by atoms with Crippen LogP contribution in [0.25, 0.3) is 0 Å². The maximum Gasteiger partial charge on any atom is 0.0493 e. The normalized spacial score (nSPS) is 31.3. The van der Waals surface area contributed by atoms with E-state index in [1.807, 2.05) is 6.08 Å². The lowest BCUT2D eigenvalue weighted by molar-refractivity contribution is 0.0612. The van der Waals surface area contributed by atoms with E-state index in [0.29, 0.717) is 0 Å². The topological polar surface area (TPSA) is 9.23 Å². The van der Waals surface area contributed by atoms with E-state index in [0.717, 1.165) is 18.4 Å². The van der Waals surface area contributed by atoms with Crippen LogP contribution in [0.3, 0.4) is 0 Å². The molecule has 0 heterocycles. The summed E-state index contributed by atoms with van der Waals surface area (Å²) in [4.78, 5) is 0. The summed E-state index contributed by atoms with van der Waals surface area (Å²) in [7, 11) is 1.78. The molecule has 0 spiro atoms. The van der Waals surface area contributed by atoms with E-state index in [4.69, 9.17) is 4.74 Å².